The van der Waals surface area contributed by atoms with Gasteiger partial charge in [-0.2, -0.15) is 0 Å². The van der Waals surface area contributed by atoms with Crippen molar-refractivity contribution in [2.24, 2.45) is 0 Å². The van der Waals surface area contributed by atoms with Crippen molar-refractivity contribution < 1.29 is 23.1 Å². The highest BCUT2D eigenvalue weighted by molar-refractivity contribution is 5.98. The average Bonchev–Trinajstić information content (AvgIpc) is 3.12. The van der Waals surface area contributed by atoms with Gasteiger partial charge in [-0.05, 0) is 29.3 Å². The van der Waals surface area contributed by atoms with Crippen LogP contribution in [0.3, 0.4) is 0 Å². The van der Waals surface area contributed by atoms with Crippen LogP contribution < -0.4 is 5.32 Å². The summed E-state index contributed by atoms with van der Waals surface area (Å²) in [5.41, 5.74) is 1.62. The van der Waals surface area contributed by atoms with Gasteiger partial charge in [-0.3, -0.25) is 4.79 Å². The molecule has 4 nitrogen and oxygen atoms in total. The lowest BCUT2D eigenvalue weighted by Gasteiger charge is -2.12. The fraction of sp³-hybridized carbons (Fsp3) is 0.105. The molecule has 0 saturated carbocycles. The molecule has 3 rings (SSSR count). The molecule has 0 saturated heterocycles. The fourth-order valence-electron chi connectivity index (χ4n) is 2.44. The Balaban J connectivity index is 1.69. The lowest BCUT2D eigenvalue weighted by Crippen LogP contribution is -2.28. The van der Waals surface area contributed by atoms with E-state index in [4.69, 9.17) is 4.42 Å². The van der Waals surface area contributed by atoms with E-state index in [1.165, 1.54) is 12.3 Å². The van der Waals surface area contributed by atoms with Gasteiger partial charge in [-0.15, -0.1) is 0 Å². The van der Waals surface area contributed by atoms with Crippen LogP contribution in [-0.4, -0.2) is 17.6 Å². The van der Waals surface area contributed by atoms with Gasteiger partial charge in [0.25, 0.3) is 5.91 Å². The van der Waals surface area contributed by atoms with Crippen LogP contribution >= 0.6 is 0 Å². The van der Waals surface area contributed by atoms with Crippen LogP contribution in [0.25, 0.3) is 11.1 Å². The van der Waals surface area contributed by atoms with Gasteiger partial charge in [0.15, 0.2) is 17.4 Å². The van der Waals surface area contributed by atoms with Crippen LogP contribution in [0.15, 0.2) is 65.3 Å². The third-order valence-corrected chi connectivity index (χ3v) is 3.74. The molecule has 0 aliphatic carbocycles. The molecule has 2 aromatic carbocycles. The summed E-state index contributed by atoms with van der Waals surface area (Å²) in [6, 6.07) is 14.0. The molecule has 0 bridgehead atoms. The van der Waals surface area contributed by atoms with Crippen molar-refractivity contribution in [2.75, 3.05) is 6.54 Å². The standard InChI is InChI=1S/C19H15F2NO3/c20-15-7-6-13(10-16(15)21)17(23)11-22-19(24)18-14(8-9-25-18)12-4-2-1-3-5-12/h1-10,17,23H,11H2,(H,22,24)/t17-/m1/s1. The molecular weight excluding hydrogens is 328 g/mol. The van der Waals surface area contributed by atoms with Crippen molar-refractivity contribution in [3.63, 3.8) is 0 Å². The zero-order valence-electron chi connectivity index (χ0n) is 13.1. The zero-order valence-corrected chi connectivity index (χ0v) is 13.1. The van der Waals surface area contributed by atoms with Gasteiger partial charge < -0.3 is 14.8 Å². The quantitative estimate of drug-likeness (QED) is 0.743. The minimum Gasteiger partial charge on any atom is -0.459 e. The molecule has 1 aromatic heterocycles. The molecule has 1 atom stereocenters. The second-order valence-corrected chi connectivity index (χ2v) is 5.43. The lowest BCUT2D eigenvalue weighted by atomic mass is 10.1. The monoisotopic (exact) mass is 343 g/mol. The number of nitrogens with one attached hydrogen (secondary N) is 1. The highest BCUT2D eigenvalue weighted by atomic mass is 19.2. The van der Waals surface area contributed by atoms with Gasteiger partial charge in [0.1, 0.15) is 0 Å². The Kier molecular flexibility index (Phi) is 4.90. The predicted octanol–water partition coefficient (Wildman–Crippen LogP) is 3.69. The Morgan fingerprint density at radius 1 is 1.08 bits per heavy atom. The van der Waals surface area contributed by atoms with Crippen LogP contribution in [0, 0.1) is 11.6 Å². The van der Waals surface area contributed by atoms with Gasteiger partial charge in [0.2, 0.25) is 0 Å². The van der Waals surface area contributed by atoms with Gasteiger partial charge >= 0.3 is 0 Å². The second-order valence-electron chi connectivity index (χ2n) is 5.43. The lowest BCUT2D eigenvalue weighted by molar-refractivity contribution is 0.0889. The maximum absolute atomic E-state index is 13.2. The highest BCUT2D eigenvalue weighted by Gasteiger charge is 2.18. The highest BCUT2D eigenvalue weighted by Crippen LogP contribution is 2.24. The zero-order chi connectivity index (χ0) is 17.8. The van der Waals surface area contributed by atoms with E-state index in [9.17, 15) is 18.7 Å². The molecule has 128 valence electrons. The normalized spacial score (nSPS) is 12.0. The van der Waals surface area contributed by atoms with E-state index in [1.54, 1.807) is 6.07 Å². The largest absolute Gasteiger partial charge is 0.459 e. The first-order valence-corrected chi connectivity index (χ1v) is 7.60. The molecule has 2 N–H and O–H groups in total. The summed E-state index contributed by atoms with van der Waals surface area (Å²) >= 11 is 0. The fourth-order valence-corrected chi connectivity index (χ4v) is 2.44. The van der Waals surface area contributed by atoms with E-state index in [2.05, 4.69) is 5.32 Å². The number of benzene rings is 2. The van der Waals surface area contributed by atoms with Crippen LogP contribution in [0.1, 0.15) is 22.2 Å². The number of carbonyl (C=O) groups is 1. The Hall–Kier alpha value is -2.99. The van der Waals surface area contributed by atoms with Gasteiger partial charge in [-0.1, -0.05) is 36.4 Å². The van der Waals surface area contributed by atoms with E-state index in [1.807, 2.05) is 30.3 Å². The van der Waals surface area contributed by atoms with E-state index in [0.717, 1.165) is 17.7 Å². The summed E-state index contributed by atoms with van der Waals surface area (Å²) < 4.78 is 31.4. The molecule has 25 heavy (non-hydrogen) atoms. The summed E-state index contributed by atoms with van der Waals surface area (Å²) in [6.45, 7) is -0.168. The minimum atomic E-state index is -1.17. The molecule has 0 aliphatic heterocycles. The SMILES string of the molecule is O=C(NC[C@@H](O)c1ccc(F)c(F)c1)c1occc1-c1ccccc1. The number of halogens is 2. The molecule has 6 heteroatoms. The third kappa shape index (κ3) is 3.75. The van der Waals surface area contributed by atoms with Crippen molar-refractivity contribution in [2.45, 2.75) is 6.10 Å². The minimum absolute atomic E-state index is 0.115. The first kappa shape index (κ1) is 16.9. The Morgan fingerprint density at radius 3 is 2.56 bits per heavy atom. The molecule has 3 aromatic rings. The molecule has 0 radical (unpaired) electrons. The van der Waals surface area contributed by atoms with Crippen molar-refractivity contribution in [3.8, 4) is 11.1 Å². The number of amides is 1. The molecule has 0 fully saturated rings. The summed E-state index contributed by atoms with van der Waals surface area (Å²) in [4.78, 5) is 12.3. The molecule has 0 spiro atoms. The second kappa shape index (κ2) is 7.27. The number of hydrogen-bond acceptors (Lipinski definition) is 3. The first-order chi connectivity index (χ1) is 12.1. The first-order valence-electron chi connectivity index (χ1n) is 7.60. The number of aliphatic hydroxyl groups is 1. The van der Waals surface area contributed by atoms with Gasteiger partial charge in [-0.25, -0.2) is 8.78 Å². The number of aliphatic hydroxyl groups excluding tert-OH is 1. The Bertz CT molecular complexity index is 877. The maximum atomic E-state index is 13.2. The van der Waals surface area contributed by atoms with Crippen molar-refractivity contribution in [1.82, 2.24) is 5.32 Å². The molecule has 0 unspecified atom stereocenters. The maximum Gasteiger partial charge on any atom is 0.287 e. The summed E-state index contributed by atoms with van der Waals surface area (Å²) in [5.74, 6) is -2.45. The van der Waals surface area contributed by atoms with E-state index >= 15 is 0 Å². The number of rotatable bonds is 5. The van der Waals surface area contributed by atoms with Gasteiger partial charge in [0.05, 0.1) is 12.4 Å². The number of carbonyl (C=O) groups excluding carboxylic acids is 1. The van der Waals surface area contributed by atoms with Crippen LogP contribution in [-0.2, 0) is 0 Å². The molecule has 1 amide bonds. The van der Waals surface area contributed by atoms with Crippen LogP contribution in [0.2, 0.25) is 0 Å². The van der Waals surface area contributed by atoms with Crippen molar-refractivity contribution in [1.29, 1.82) is 0 Å². The molecule has 0 aliphatic rings. The smallest absolute Gasteiger partial charge is 0.287 e. The average molecular weight is 343 g/mol. The van der Waals surface area contributed by atoms with Crippen molar-refractivity contribution >= 4 is 5.91 Å². The summed E-state index contributed by atoms with van der Waals surface area (Å²) in [5, 5.41) is 12.6. The molecular formula is C19H15F2NO3. The Morgan fingerprint density at radius 2 is 1.84 bits per heavy atom. The van der Waals surface area contributed by atoms with E-state index in [-0.39, 0.29) is 17.9 Å². The summed E-state index contributed by atoms with van der Waals surface area (Å²) in [7, 11) is 0. The molecule has 1 heterocycles. The Labute approximate surface area is 142 Å². The number of furan rings is 1. The predicted molar refractivity (Wildman–Crippen MR) is 87.8 cm³/mol. The van der Waals surface area contributed by atoms with E-state index in [0.29, 0.717) is 5.56 Å². The number of hydrogen-bond donors (Lipinski definition) is 2. The third-order valence-electron chi connectivity index (χ3n) is 3.74. The van der Waals surface area contributed by atoms with Crippen LogP contribution in [0.4, 0.5) is 8.78 Å². The topological polar surface area (TPSA) is 62.5 Å². The van der Waals surface area contributed by atoms with Gasteiger partial charge in [0, 0.05) is 12.1 Å². The van der Waals surface area contributed by atoms with Crippen LogP contribution in [0.5, 0.6) is 0 Å². The van der Waals surface area contributed by atoms with E-state index < -0.39 is 23.6 Å². The summed E-state index contributed by atoms with van der Waals surface area (Å²) in [6.07, 6.45) is 0.234. The van der Waals surface area contributed by atoms with Crippen molar-refractivity contribution in [3.05, 3.63) is 83.8 Å².